The summed E-state index contributed by atoms with van der Waals surface area (Å²) in [4.78, 5) is 29.5. The molecule has 17 heavy (non-hydrogen) atoms. The van der Waals surface area contributed by atoms with Gasteiger partial charge in [-0.25, -0.2) is 4.98 Å². The van der Waals surface area contributed by atoms with Crippen molar-refractivity contribution in [1.82, 2.24) is 9.88 Å². The fraction of sp³-hybridized carbons (Fsp3) is 0.545. The zero-order chi connectivity index (χ0) is 12.6. The smallest absolute Gasteiger partial charge is 0.311 e. The van der Waals surface area contributed by atoms with Crippen molar-refractivity contribution in [3.63, 3.8) is 0 Å². The van der Waals surface area contributed by atoms with Crippen molar-refractivity contribution in [3.05, 3.63) is 16.1 Å². The molecule has 1 atom stereocenters. The molecular weight excluding hydrogens is 240 g/mol. The fourth-order valence-corrected chi connectivity index (χ4v) is 2.73. The van der Waals surface area contributed by atoms with E-state index in [2.05, 4.69) is 4.98 Å². The molecule has 2 rings (SSSR count). The van der Waals surface area contributed by atoms with Crippen LogP contribution in [-0.4, -0.2) is 40.0 Å². The predicted molar refractivity (Wildman–Crippen MR) is 63.1 cm³/mol. The molecular formula is C11H14N2O3S. The number of aromatic nitrogens is 1. The van der Waals surface area contributed by atoms with Gasteiger partial charge in [-0.15, -0.1) is 11.3 Å². The number of carbonyl (C=O) groups excluding carboxylic acids is 1. The molecule has 0 saturated carbocycles. The van der Waals surface area contributed by atoms with Gasteiger partial charge in [0.1, 0.15) is 4.88 Å². The van der Waals surface area contributed by atoms with Gasteiger partial charge in [-0.3, -0.25) is 9.59 Å². The van der Waals surface area contributed by atoms with Crippen molar-refractivity contribution in [1.29, 1.82) is 0 Å². The van der Waals surface area contributed by atoms with E-state index in [1.165, 1.54) is 11.3 Å². The van der Waals surface area contributed by atoms with Gasteiger partial charge < -0.3 is 10.0 Å². The Bertz CT molecular complexity index is 471. The molecule has 6 heteroatoms. The number of carboxylic acids is 1. The molecule has 1 aromatic heterocycles. The molecule has 5 nitrogen and oxygen atoms in total. The zero-order valence-electron chi connectivity index (χ0n) is 9.77. The Balaban J connectivity index is 2.15. The summed E-state index contributed by atoms with van der Waals surface area (Å²) in [7, 11) is 0. The van der Waals surface area contributed by atoms with Crippen molar-refractivity contribution in [3.8, 4) is 0 Å². The van der Waals surface area contributed by atoms with Crippen molar-refractivity contribution in [2.24, 2.45) is 5.41 Å². The molecule has 1 fully saturated rings. The van der Waals surface area contributed by atoms with Gasteiger partial charge in [-0.05, 0) is 20.3 Å². The Morgan fingerprint density at radius 1 is 1.59 bits per heavy atom. The molecule has 1 amide bonds. The largest absolute Gasteiger partial charge is 0.481 e. The monoisotopic (exact) mass is 254 g/mol. The topological polar surface area (TPSA) is 70.5 Å². The Morgan fingerprint density at radius 2 is 2.29 bits per heavy atom. The van der Waals surface area contributed by atoms with Crippen LogP contribution < -0.4 is 0 Å². The van der Waals surface area contributed by atoms with Crippen LogP contribution in [-0.2, 0) is 4.79 Å². The quantitative estimate of drug-likeness (QED) is 0.865. The second-order valence-electron chi connectivity index (χ2n) is 4.61. The van der Waals surface area contributed by atoms with Gasteiger partial charge >= 0.3 is 5.97 Å². The molecule has 0 radical (unpaired) electrons. The first kappa shape index (κ1) is 12.0. The maximum atomic E-state index is 12.1. The average molecular weight is 254 g/mol. The summed E-state index contributed by atoms with van der Waals surface area (Å²) in [6.07, 6.45) is 0.506. The van der Waals surface area contributed by atoms with Crippen LogP contribution in [0, 0.1) is 12.3 Å². The number of aryl methyl sites for hydroxylation is 1. The van der Waals surface area contributed by atoms with Crippen molar-refractivity contribution in [2.75, 3.05) is 13.1 Å². The normalized spacial score (nSPS) is 24.0. The summed E-state index contributed by atoms with van der Waals surface area (Å²) in [5.74, 6) is -0.941. The Hall–Kier alpha value is -1.43. The molecule has 1 aliphatic rings. The average Bonchev–Trinajstić information content (AvgIpc) is 2.85. The third-order valence-electron chi connectivity index (χ3n) is 3.22. The summed E-state index contributed by atoms with van der Waals surface area (Å²) in [6, 6.07) is 0. The standard InChI is InChI=1S/C11H14N2O3S/c1-7-8(17-6-12-7)9(14)13-4-3-11(2,5-13)10(15)16/h6H,3-5H2,1-2H3,(H,15,16)/t11-/m1/s1. The maximum absolute atomic E-state index is 12.1. The Kier molecular flexibility index (Phi) is 2.91. The van der Waals surface area contributed by atoms with Crippen molar-refractivity contribution in [2.45, 2.75) is 20.3 Å². The number of aliphatic carboxylic acids is 1. The highest BCUT2D eigenvalue weighted by Crippen LogP contribution is 2.31. The third kappa shape index (κ3) is 2.04. The molecule has 2 heterocycles. The third-order valence-corrected chi connectivity index (χ3v) is 4.13. The van der Waals surface area contributed by atoms with Crippen LogP contribution in [0.5, 0.6) is 0 Å². The highest BCUT2D eigenvalue weighted by atomic mass is 32.1. The van der Waals surface area contributed by atoms with Crippen LogP contribution >= 0.6 is 11.3 Å². The van der Waals surface area contributed by atoms with E-state index in [1.807, 2.05) is 0 Å². The molecule has 0 unspecified atom stereocenters. The number of nitrogens with zero attached hydrogens (tertiary/aromatic N) is 2. The lowest BCUT2D eigenvalue weighted by atomic mass is 9.90. The van der Waals surface area contributed by atoms with E-state index in [4.69, 9.17) is 5.11 Å². The van der Waals surface area contributed by atoms with Crippen LogP contribution in [0.25, 0.3) is 0 Å². The number of likely N-dealkylation sites (tertiary alicyclic amines) is 1. The summed E-state index contributed by atoms with van der Waals surface area (Å²) >= 11 is 1.30. The number of rotatable bonds is 2. The summed E-state index contributed by atoms with van der Waals surface area (Å²) in [5, 5.41) is 9.11. The van der Waals surface area contributed by atoms with Crippen molar-refractivity contribution >= 4 is 23.2 Å². The number of thiazole rings is 1. The van der Waals surface area contributed by atoms with E-state index < -0.39 is 11.4 Å². The summed E-state index contributed by atoms with van der Waals surface area (Å²) in [5.41, 5.74) is 1.53. The van der Waals surface area contributed by atoms with Crippen LogP contribution in [0.3, 0.4) is 0 Å². The van der Waals surface area contributed by atoms with Gasteiger partial charge in [0.2, 0.25) is 0 Å². The minimum absolute atomic E-state index is 0.102. The van der Waals surface area contributed by atoms with E-state index in [-0.39, 0.29) is 12.5 Å². The Labute approximate surface area is 103 Å². The minimum atomic E-state index is -0.839. The molecule has 0 aromatic carbocycles. The molecule has 0 spiro atoms. The molecule has 1 N–H and O–H groups in total. The first-order valence-electron chi connectivity index (χ1n) is 5.37. The molecule has 1 saturated heterocycles. The maximum Gasteiger partial charge on any atom is 0.311 e. The number of carbonyl (C=O) groups is 2. The van der Waals surface area contributed by atoms with E-state index in [0.29, 0.717) is 23.5 Å². The van der Waals surface area contributed by atoms with E-state index >= 15 is 0 Å². The van der Waals surface area contributed by atoms with E-state index in [0.717, 1.165) is 0 Å². The van der Waals surface area contributed by atoms with E-state index in [1.54, 1.807) is 24.3 Å². The van der Waals surface area contributed by atoms with Gasteiger partial charge in [-0.1, -0.05) is 0 Å². The SMILES string of the molecule is Cc1ncsc1C(=O)N1CC[C@@](C)(C(=O)O)C1. The number of hydrogen-bond acceptors (Lipinski definition) is 4. The lowest BCUT2D eigenvalue weighted by Gasteiger charge is -2.19. The Morgan fingerprint density at radius 3 is 2.76 bits per heavy atom. The molecule has 1 aliphatic heterocycles. The minimum Gasteiger partial charge on any atom is -0.481 e. The lowest BCUT2D eigenvalue weighted by Crippen LogP contribution is -2.34. The lowest BCUT2D eigenvalue weighted by molar-refractivity contribution is -0.147. The fourth-order valence-electron chi connectivity index (χ4n) is 1.96. The number of amides is 1. The highest BCUT2D eigenvalue weighted by Gasteiger charge is 2.42. The summed E-state index contributed by atoms with van der Waals surface area (Å²) in [6.45, 7) is 4.25. The van der Waals surface area contributed by atoms with Gasteiger partial charge in [0.25, 0.3) is 5.91 Å². The molecule has 1 aromatic rings. The zero-order valence-corrected chi connectivity index (χ0v) is 10.6. The van der Waals surface area contributed by atoms with Crippen LogP contribution in [0.1, 0.15) is 28.7 Å². The molecule has 92 valence electrons. The van der Waals surface area contributed by atoms with Gasteiger partial charge in [0.15, 0.2) is 0 Å². The van der Waals surface area contributed by atoms with Gasteiger partial charge in [-0.2, -0.15) is 0 Å². The summed E-state index contributed by atoms with van der Waals surface area (Å²) < 4.78 is 0. The van der Waals surface area contributed by atoms with E-state index in [9.17, 15) is 9.59 Å². The van der Waals surface area contributed by atoms with Crippen LogP contribution in [0.2, 0.25) is 0 Å². The second-order valence-corrected chi connectivity index (χ2v) is 5.46. The first-order valence-corrected chi connectivity index (χ1v) is 6.25. The van der Waals surface area contributed by atoms with Crippen LogP contribution in [0.4, 0.5) is 0 Å². The number of hydrogen-bond donors (Lipinski definition) is 1. The van der Waals surface area contributed by atoms with Gasteiger partial charge in [0, 0.05) is 13.1 Å². The number of carboxylic acid groups (broad SMARTS) is 1. The molecule has 0 aliphatic carbocycles. The molecule has 0 bridgehead atoms. The van der Waals surface area contributed by atoms with Crippen molar-refractivity contribution < 1.29 is 14.7 Å². The van der Waals surface area contributed by atoms with Crippen LogP contribution in [0.15, 0.2) is 5.51 Å². The highest BCUT2D eigenvalue weighted by molar-refractivity contribution is 7.11. The van der Waals surface area contributed by atoms with Gasteiger partial charge in [0.05, 0.1) is 16.6 Å². The first-order chi connectivity index (χ1) is 7.94. The predicted octanol–water partition coefficient (Wildman–Crippen LogP) is 1.39. The second kappa shape index (κ2) is 4.10.